The summed E-state index contributed by atoms with van der Waals surface area (Å²) in [5.41, 5.74) is 0. The van der Waals surface area contributed by atoms with E-state index in [4.69, 9.17) is 0 Å². The molecule has 5 heteroatoms. The van der Waals surface area contributed by atoms with Gasteiger partial charge in [0, 0.05) is 26.2 Å². The Bertz CT molecular complexity index is 338. The fourth-order valence-corrected chi connectivity index (χ4v) is 3.19. The lowest BCUT2D eigenvalue weighted by atomic mass is 10.0. The highest BCUT2D eigenvalue weighted by Crippen LogP contribution is 2.24. The minimum Gasteiger partial charge on any atom is -0.481 e. The van der Waals surface area contributed by atoms with Crippen molar-refractivity contribution in [2.45, 2.75) is 44.6 Å². The van der Waals surface area contributed by atoms with E-state index in [2.05, 4.69) is 4.90 Å². The summed E-state index contributed by atoms with van der Waals surface area (Å²) in [5.74, 6) is -1.20. The Hall–Kier alpha value is -1.10. The predicted octanol–water partition coefficient (Wildman–Crippen LogP) is 1.18. The molecular weight excluding hydrogens is 244 g/mol. The molecule has 1 atom stereocenters. The van der Waals surface area contributed by atoms with Crippen LogP contribution in [-0.4, -0.2) is 59.5 Å². The second-order valence-corrected chi connectivity index (χ2v) is 5.88. The fourth-order valence-electron chi connectivity index (χ4n) is 3.19. The van der Waals surface area contributed by atoms with Crippen LogP contribution in [0.2, 0.25) is 0 Å². The molecule has 1 heterocycles. The van der Waals surface area contributed by atoms with Crippen LogP contribution in [0, 0.1) is 5.92 Å². The summed E-state index contributed by atoms with van der Waals surface area (Å²) in [6.07, 6.45) is 7.12. The smallest absolute Gasteiger partial charge is 0.309 e. The molecule has 0 radical (unpaired) electrons. The summed E-state index contributed by atoms with van der Waals surface area (Å²) in [6.45, 7) is 1.22. The van der Waals surface area contributed by atoms with Gasteiger partial charge in [0.15, 0.2) is 0 Å². The quantitative estimate of drug-likeness (QED) is 0.764. The third kappa shape index (κ3) is 3.69. The number of carboxylic acid groups (broad SMARTS) is 1. The first-order valence-corrected chi connectivity index (χ1v) is 7.28. The van der Waals surface area contributed by atoms with E-state index in [0.717, 1.165) is 12.8 Å². The van der Waals surface area contributed by atoms with E-state index in [0.29, 0.717) is 25.7 Å². The van der Waals surface area contributed by atoms with Crippen molar-refractivity contribution >= 4 is 11.9 Å². The van der Waals surface area contributed by atoms with Gasteiger partial charge in [-0.25, -0.2) is 0 Å². The maximum Gasteiger partial charge on any atom is 0.309 e. The number of aliphatic carboxylic acids is 1. The van der Waals surface area contributed by atoms with Gasteiger partial charge in [0.1, 0.15) is 0 Å². The molecule has 2 aliphatic rings. The van der Waals surface area contributed by atoms with Crippen LogP contribution in [0.5, 0.6) is 0 Å². The molecule has 1 amide bonds. The van der Waals surface area contributed by atoms with Crippen LogP contribution >= 0.6 is 0 Å². The molecule has 0 spiro atoms. The third-order valence-corrected chi connectivity index (χ3v) is 4.40. The molecule has 0 aromatic rings. The topological polar surface area (TPSA) is 60.9 Å². The van der Waals surface area contributed by atoms with Crippen LogP contribution in [0.25, 0.3) is 0 Å². The average Bonchev–Trinajstić information content (AvgIpc) is 2.70. The van der Waals surface area contributed by atoms with Crippen LogP contribution in [0.4, 0.5) is 0 Å². The van der Waals surface area contributed by atoms with Gasteiger partial charge < -0.3 is 10.0 Å². The van der Waals surface area contributed by atoms with Crippen LogP contribution in [-0.2, 0) is 9.59 Å². The highest BCUT2D eigenvalue weighted by molar-refractivity contribution is 5.80. The molecule has 1 aliphatic carbocycles. The molecule has 1 N–H and O–H groups in total. The fraction of sp³-hybridized carbons (Fsp3) is 0.857. The number of amides is 1. The minimum atomic E-state index is -0.792. The van der Waals surface area contributed by atoms with Gasteiger partial charge in [0.2, 0.25) is 5.91 Å². The Balaban J connectivity index is 2.08. The van der Waals surface area contributed by atoms with Crippen LogP contribution in [0.3, 0.4) is 0 Å². The number of carboxylic acids is 1. The molecule has 2 rings (SSSR count). The second kappa shape index (κ2) is 6.37. The number of hydrogen-bond donors (Lipinski definition) is 1. The summed E-state index contributed by atoms with van der Waals surface area (Å²) in [6, 6.07) is 0.389. The van der Waals surface area contributed by atoms with E-state index in [-0.39, 0.29) is 5.91 Å². The zero-order chi connectivity index (χ0) is 13.8. The summed E-state index contributed by atoms with van der Waals surface area (Å²) in [7, 11) is 1.70. The number of likely N-dealkylation sites (N-methyl/N-ethyl adjacent to an activating group) is 1. The molecule has 1 unspecified atom stereocenters. The van der Waals surface area contributed by atoms with Gasteiger partial charge in [-0.05, 0) is 12.8 Å². The summed E-state index contributed by atoms with van der Waals surface area (Å²) < 4.78 is 0. The molecular formula is C14H24N2O3. The van der Waals surface area contributed by atoms with Gasteiger partial charge in [-0.2, -0.15) is 0 Å². The third-order valence-electron chi connectivity index (χ3n) is 4.40. The molecule has 108 valence electrons. The Morgan fingerprint density at radius 3 is 2.37 bits per heavy atom. The Morgan fingerprint density at radius 2 is 1.79 bits per heavy atom. The van der Waals surface area contributed by atoms with E-state index in [9.17, 15) is 14.7 Å². The van der Waals surface area contributed by atoms with E-state index in [1.54, 1.807) is 11.9 Å². The number of carbonyl (C=O) groups excluding carboxylic acids is 1. The highest BCUT2D eigenvalue weighted by atomic mass is 16.4. The van der Waals surface area contributed by atoms with Gasteiger partial charge in [0.25, 0.3) is 0 Å². The minimum absolute atomic E-state index is 0.0491. The van der Waals surface area contributed by atoms with Crippen molar-refractivity contribution in [1.82, 2.24) is 9.80 Å². The van der Waals surface area contributed by atoms with Crippen molar-refractivity contribution in [2.24, 2.45) is 5.92 Å². The Morgan fingerprint density at radius 1 is 1.16 bits per heavy atom. The zero-order valence-corrected chi connectivity index (χ0v) is 11.7. The Labute approximate surface area is 114 Å². The van der Waals surface area contributed by atoms with E-state index < -0.39 is 11.9 Å². The zero-order valence-electron chi connectivity index (χ0n) is 11.7. The van der Waals surface area contributed by atoms with Crippen molar-refractivity contribution < 1.29 is 14.7 Å². The molecule has 1 saturated heterocycles. The van der Waals surface area contributed by atoms with Gasteiger partial charge in [-0.1, -0.05) is 25.7 Å². The standard InChI is InChI=1S/C14H24N2O3/c1-15-8-11(14(18)19)9-16(10-13(15)17)12-6-4-2-3-5-7-12/h11-12H,2-10H2,1H3,(H,18,19). The summed E-state index contributed by atoms with van der Waals surface area (Å²) in [4.78, 5) is 27.0. The van der Waals surface area contributed by atoms with Crippen molar-refractivity contribution in [1.29, 1.82) is 0 Å². The van der Waals surface area contributed by atoms with Crippen molar-refractivity contribution in [3.8, 4) is 0 Å². The first-order valence-electron chi connectivity index (χ1n) is 7.28. The monoisotopic (exact) mass is 268 g/mol. The predicted molar refractivity (Wildman–Crippen MR) is 71.8 cm³/mol. The normalized spacial score (nSPS) is 27.9. The lowest BCUT2D eigenvalue weighted by Crippen LogP contribution is -2.41. The van der Waals surface area contributed by atoms with Crippen LogP contribution in [0.15, 0.2) is 0 Å². The van der Waals surface area contributed by atoms with Gasteiger partial charge in [0.05, 0.1) is 12.5 Å². The largest absolute Gasteiger partial charge is 0.481 e. The molecule has 0 aromatic carbocycles. The summed E-state index contributed by atoms with van der Waals surface area (Å²) in [5, 5.41) is 9.27. The molecule has 0 bridgehead atoms. The number of carbonyl (C=O) groups is 2. The van der Waals surface area contributed by atoms with E-state index in [1.807, 2.05) is 0 Å². The molecule has 1 saturated carbocycles. The van der Waals surface area contributed by atoms with Crippen molar-refractivity contribution in [3.05, 3.63) is 0 Å². The van der Waals surface area contributed by atoms with E-state index in [1.165, 1.54) is 25.7 Å². The van der Waals surface area contributed by atoms with Gasteiger partial charge >= 0.3 is 5.97 Å². The van der Waals surface area contributed by atoms with Gasteiger partial charge in [-0.15, -0.1) is 0 Å². The molecule has 19 heavy (non-hydrogen) atoms. The number of hydrogen-bond acceptors (Lipinski definition) is 3. The molecule has 2 fully saturated rings. The molecule has 5 nitrogen and oxygen atoms in total. The van der Waals surface area contributed by atoms with Crippen molar-refractivity contribution in [3.63, 3.8) is 0 Å². The highest BCUT2D eigenvalue weighted by Gasteiger charge is 2.33. The molecule has 0 aromatic heterocycles. The SMILES string of the molecule is CN1CC(C(=O)O)CN(C2CCCCCC2)CC1=O. The average molecular weight is 268 g/mol. The van der Waals surface area contributed by atoms with E-state index >= 15 is 0 Å². The first kappa shape index (κ1) is 14.3. The van der Waals surface area contributed by atoms with Crippen molar-refractivity contribution in [2.75, 3.05) is 26.7 Å². The lowest BCUT2D eigenvalue weighted by Gasteiger charge is -2.30. The van der Waals surface area contributed by atoms with Crippen LogP contribution in [0.1, 0.15) is 38.5 Å². The van der Waals surface area contributed by atoms with Gasteiger partial charge in [-0.3, -0.25) is 14.5 Å². The second-order valence-electron chi connectivity index (χ2n) is 5.88. The maximum atomic E-state index is 12.0. The summed E-state index contributed by atoms with van der Waals surface area (Å²) >= 11 is 0. The maximum absolute atomic E-state index is 12.0. The number of nitrogens with zero attached hydrogens (tertiary/aromatic N) is 2. The lowest BCUT2D eigenvalue weighted by molar-refractivity contribution is -0.142. The van der Waals surface area contributed by atoms with Crippen LogP contribution < -0.4 is 0 Å². The molecule has 1 aliphatic heterocycles. The number of rotatable bonds is 2. The first-order chi connectivity index (χ1) is 9.08. The Kier molecular flexibility index (Phi) is 4.80.